The van der Waals surface area contributed by atoms with Gasteiger partial charge in [-0.1, -0.05) is 0 Å². The largest absolute Gasteiger partial charge is 0.343 e. The molecule has 0 unspecified atom stereocenters. The molecule has 9 nitrogen and oxygen atoms in total. The number of rotatable bonds is 7. The lowest BCUT2D eigenvalue weighted by Gasteiger charge is -2.40. The molecule has 3 heterocycles. The van der Waals surface area contributed by atoms with Crippen LogP contribution in [0.25, 0.3) is 0 Å². The van der Waals surface area contributed by atoms with Crippen molar-refractivity contribution in [3.8, 4) is 12.1 Å². The van der Waals surface area contributed by atoms with Gasteiger partial charge in [-0.3, -0.25) is 19.3 Å². The molecule has 0 spiro atoms. The second-order valence-corrected chi connectivity index (χ2v) is 9.98. The van der Waals surface area contributed by atoms with Gasteiger partial charge in [-0.15, -0.1) is 0 Å². The number of alkyl halides is 2. The van der Waals surface area contributed by atoms with E-state index in [1.54, 1.807) is 18.7 Å². The zero-order valence-corrected chi connectivity index (χ0v) is 19.8. The van der Waals surface area contributed by atoms with Gasteiger partial charge < -0.3 is 14.7 Å². The van der Waals surface area contributed by atoms with Crippen LogP contribution in [0.5, 0.6) is 0 Å². The monoisotopic (exact) mass is 478 g/mol. The summed E-state index contributed by atoms with van der Waals surface area (Å²) < 4.78 is 27.8. The highest BCUT2D eigenvalue weighted by Crippen LogP contribution is 2.26. The highest BCUT2D eigenvalue weighted by Gasteiger charge is 2.41. The maximum Gasteiger partial charge on any atom is 0.237 e. The summed E-state index contributed by atoms with van der Waals surface area (Å²) in [6.45, 7) is 3.82. The van der Waals surface area contributed by atoms with Crippen LogP contribution < -0.4 is 0 Å². The van der Waals surface area contributed by atoms with Gasteiger partial charge >= 0.3 is 0 Å². The number of carbonyl (C=O) groups excluding carboxylic acids is 3. The second kappa shape index (κ2) is 10.6. The van der Waals surface area contributed by atoms with Crippen molar-refractivity contribution in [3.05, 3.63) is 0 Å². The van der Waals surface area contributed by atoms with Crippen molar-refractivity contribution >= 4 is 17.7 Å². The zero-order valence-electron chi connectivity index (χ0n) is 19.8. The molecule has 0 radical (unpaired) electrons. The van der Waals surface area contributed by atoms with Crippen LogP contribution in [-0.2, 0) is 14.4 Å². The Bertz CT molecular complexity index is 829. The third-order valence-electron chi connectivity index (χ3n) is 6.99. The van der Waals surface area contributed by atoms with E-state index in [1.165, 1.54) is 14.7 Å². The molecule has 186 valence electrons. The normalized spacial score (nSPS) is 27.2. The van der Waals surface area contributed by atoms with Crippen LogP contribution in [0, 0.1) is 22.7 Å². The summed E-state index contributed by atoms with van der Waals surface area (Å²) in [5.41, 5.74) is -0.932. The standard InChI is InChI=1S/C23H32F2N6O3/c1-23(2,9-20(32)28-5-3-4-6-28)29(14-21(33)30-12-16(24)7-18(30)10-26)15-22(34)31-13-17(25)8-19(31)11-27/h16-19H,3-9,12-15H2,1-2H3/t16-,17-,18-,19-/m0/s1. The fourth-order valence-electron chi connectivity index (χ4n) is 4.92. The molecule has 0 aromatic rings. The molecule has 3 fully saturated rings. The van der Waals surface area contributed by atoms with Crippen LogP contribution >= 0.6 is 0 Å². The van der Waals surface area contributed by atoms with Crippen molar-refractivity contribution < 1.29 is 23.2 Å². The van der Waals surface area contributed by atoms with Gasteiger partial charge in [-0.2, -0.15) is 10.5 Å². The van der Waals surface area contributed by atoms with Gasteiger partial charge in [0.25, 0.3) is 0 Å². The number of hydrogen-bond donors (Lipinski definition) is 0. The second-order valence-electron chi connectivity index (χ2n) is 9.98. The molecule has 3 amide bonds. The predicted octanol–water partition coefficient (Wildman–Crippen LogP) is 1.00. The van der Waals surface area contributed by atoms with Gasteiger partial charge in [-0.25, -0.2) is 8.78 Å². The fraction of sp³-hybridized carbons (Fsp3) is 0.783. The summed E-state index contributed by atoms with van der Waals surface area (Å²) in [4.78, 5) is 44.6. The van der Waals surface area contributed by atoms with Gasteiger partial charge in [0.15, 0.2) is 0 Å². The first-order valence-electron chi connectivity index (χ1n) is 11.7. The number of nitriles is 2. The van der Waals surface area contributed by atoms with E-state index < -0.39 is 41.8 Å². The lowest BCUT2D eigenvalue weighted by Crippen LogP contribution is -2.55. The molecule has 34 heavy (non-hydrogen) atoms. The number of carbonyl (C=O) groups is 3. The van der Waals surface area contributed by atoms with E-state index >= 15 is 0 Å². The van der Waals surface area contributed by atoms with Crippen LogP contribution in [0.15, 0.2) is 0 Å². The molecule has 0 aromatic carbocycles. The first kappa shape index (κ1) is 25.8. The molecular weight excluding hydrogens is 446 g/mol. The van der Waals surface area contributed by atoms with Gasteiger partial charge in [0.2, 0.25) is 17.7 Å². The van der Waals surface area contributed by atoms with Gasteiger partial charge in [0, 0.05) is 37.9 Å². The summed E-state index contributed by atoms with van der Waals surface area (Å²) in [5, 5.41) is 18.6. The maximum atomic E-state index is 13.9. The number of hydrogen-bond acceptors (Lipinski definition) is 6. The van der Waals surface area contributed by atoms with Crippen molar-refractivity contribution in [1.82, 2.24) is 19.6 Å². The molecule has 4 atom stereocenters. The lowest BCUT2D eigenvalue weighted by molar-refractivity contribution is -0.142. The number of amides is 3. The quantitative estimate of drug-likeness (QED) is 0.540. The topological polar surface area (TPSA) is 112 Å². The number of halogens is 2. The van der Waals surface area contributed by atoms with Crippen molar-refractivity contribution in [3.63, 3.8) is 0 Å². The summed E-state index contributed by atoms with van der Waals surface area (Å²) >= 11 is 0. The van der Waals surface area contributed by atoms with Crippen LogP contribution in [0.4, 0.5) is 8.78 Å². The van der Waals surface area contributed by atoms with E-state index in [-0.39, 0.29) is 51.3 Å². The highest BCUT2D eigenvalue weighted by atomic mass is 19.1. The minimum atomic E-state index is -1.30. The Labute approximate surface area is 198 Å². The van der Waals surface area contributed by atoms with Crippen LogP contribution in [-0.4, -0.2) is 107 Å². The molecule has 3 aliphatic rings. The van der Waals surface area contributed by atoms with Crippen molar-refractivity contribution in [2.24, 2.45) is 0 Å². The number of nitrogens with zero attached hydrogens (tertiary/aromatic N) is 6. The lowest BCUT2D eigenvalue weighted by atomic mass is 9.96. The average Bonchev–Trinajstić information content (AvgIpc) is 3.52. The Balaban J connectivity index is 1.78. The first-order chi connectivity index (χ1) is 16.1. The van der Waals surface area contributed by atoms with Gasteiger partial charge in [-0.05, 0) is 26.7 Å². The molecule has 0 bridgehead atoms. The van der Waals surface area contributed by atoms with E-state index in [0.717, 1.165) is 12.8 Å². The van der Waals surface area contributed by atoms with Crippen molar-refractivity contribution in [2.45, 2.75) is 75.9 Å². The van der Waals surface area contributed by atoms with Crippen LogP contribution in [0.3, 0.4) is 0 Å². The zero-order chi connectivity index (χ0) is 25.0. The Morgan fingerprint density at radius 2 is 1.32 bits per heavy atom. The average molecular weight is 479 g/mol. The smallest absolute Gasteiger partial charge is 0.237 e. The van der Waals surface area contributed by atoms with E-state index in [4.69, 9.17) is 0 Å². The van der Waals surface area contributed by atoms with E-state index in [9.17, 15) is 33.7 Å². The Morgan fingerprint density at radius 1 is 0.882 bits per heavy atom. The number of likely N-dealkylation sites (tertiary alicyclic amines) is 3. The summed E-state index contributed by atoms with van der Waals surface area (Å²) in [7, 11) is 0. The Hall–Kier alpha value is -2.79. The molecule has 11 heteroatoms. The Kier molecular flexibility index (Phi) is 8.09. The maximum absolute atomic E-state index is 13.9. The third kappa shape index (κ3) is 5.82. The Morgan fingerprint density at radius 3 is 1.74 bits per heavy atom. The van der Waals surface area contributed by atoms with E-state index in [0.29, 0.717) is 13.1 Å². The van der Waals surface area contributed by atoms with E-state index in [1.807, 2.05) is 12.1 Å². The van der Waals surface area contributed by atoms with Crippen molar-refractivity contribution in [2.75, 3.05) is 39.3 Å². The molecule has 0 N–H and O–H groups in total. The molecule has 0 aliphatic carbocycles. The SMILES string of the molecule is CC(C)(CC(=O)N1CCCC1)N(CC(=O)N1C[C@@H](F)C[C@H]1C#N)CC(=O)N1C[C@@H](F)C[C@H]1C#N. The summed E-state index contributed by atoms with van der Waals surface area (Å²) in [6.07, 6.45) is -0.810. The molecule has 0 saturated carbocycles. The first-order valence-corrected chi connectivity index (χ1v) is 11.7. The predicted molar refractivity (Wildman–Crippen MR) is 117 cm³/mol. The minimum Gasteiger partial charge on any atom is -0.343 e. The van der Waals surface area contributed by atoms with E-state index in [2.05, 4.69) is 0 Å². The highest BCUT2D eigenvalue weighted by molar-refractivity contribution is 5.83. The summed E-state index contributed by atoms with van der Waals surface area (Å²) in [5.74, 6) is -1.11. The van der Waals surface area contributed by atoms with Crippen molar-refractivity contribution in [1.29, 1.82) is 10.5 Å². The summed E-state index contributed by atoms with van der Waals surface area (Å²) in [6, 6.07) is 2.11. The molecular formula is C23H32F2N6O3. The van der Waals surface area contributed by atoms with Crippen LogP contribution in [0.1, 0.15) is 46.0 Å². The fourth-order valence-corrected chi connectivity index (χ4v) is 4.92. The third-order valence-corrected chi connectivity index (χ3v) is 6.99. The molecule has 3 rings (SSSR count). The van der Waals surface area contributed by atoms with Gasteiger partial charge in [0.1, 0.15) is 24.4 Å². The molecule has 0 aromatic heterocycles. The minimum absolute atomic E-state index is 0.0500. The van der Waals surface area contributed by atoms with Gasteiger partial charge in [0.05, 0.1) is 38.3 Å². The molecule has 3 aliphatic heterocycles. The molecule has 3 saturated heterocycles. The van der Waals surface area contributed by atoms with Crippen LogP contribution in [0.2, 0.25) is 0 Å².